The molecule has 0 saturated heterocycles. The zero-order valence-corrected chi connectivity index (χ0v) is 22.2. The largest absolute Gasteiger partial charge is 0.416 e. The summed E-state index contributed by atoms with van der Waals surface area (Å²) in [6.45, 7) is 6.25. The molecule has 0 saturated carbocycles. The zero-order valence-electron chi connectivity index (χ0n) is 22.2. The number of carbonyl (C=O) groups is 1. The predicted octanol–water partition coefficient (Wildman–Crippen LogP) is 6.90. The van der Waals surface area contributed by atoms with Gasteiger partial charge in [-0.1, -0.05) is 48.5 Å². The van der Waals surface area contributed by atoms with Gasteiger partial charge in [0.2, 0.25) is 0 Å². The molecule has 0 bridgehead atoms. The van der Waals surface area contributed by atoms with Crippen LogP contribution in [0.3, 0.4) is 0 Å². The summed E-state index contributed by atoms with van der Waals surface area (Å²) in [6.07, 6.45) is -2.30. The smallest absolute Gasteiger partial charge is 0.394 e. The minimum Gasteiger partial charge on any atom is -0.394 e. The molecular weight excluding hydrogens is 507 g/mol. The molecule has 39 heavy (non-hydrogen) atoms. The molecule has 9 heteroatoms. The fraction of sp³-hybridized carbons (Fsp3) is 0.300. The van der Waals surface area contributed by atoms with Gasteiger partial charge in [-0.3, -0.25) is 4.79 Å². The summed E-state index contributed by atoms with van der Waals surface area (Å²) in [6, 6.07) is 20.1. The first-order chi connectivity index (χ1) is 18.6. The number of hydrogen-bond donors (Lipinski definition) is 1. The number of hydrogen-bond acceptors (Lipinski definition) is 6. The molecule has 0 aliphatic rings. The van der Waals surface area contributed by atoms with Gasteiger partial charge in [0.05, 0.1) is 5.56 Å². The Kier molecular flexibility index (Phi) is 10.4. The van der Waals surface area contributed by atoms with Crippen molar-refractivity contribution in [1.82, 2.24) is 10.1 Å². The Balaban J connectivity index is 0.000000983. The molecule has 0 aliphatic heterocycles. The third kappa shape index (κ3) is 9.07. The lowest BCUT2D eigenvalue weighted by Gasteiger charge is -2.21. The van der Waals surface area contributed by atoms with Crippen LogP contribution in [0.1, 0.15) is 52.9 Å². The van der Waals surface area contributed by atoms with Crippen LogP contribution in [0.4, 0.5) is 19.1 Å². The molecule has 0 atom stereocenters. The number of aromatic nitrogens is 2. The van der Waals surface area contributed by atoms with E-state index in [2.05, 4.69) is 10.1 Å². The van der Waals surface area contributed by atoms with Crippen LogP contribution in [0.25, 0.3) is 11.5 Å². The van der Waals surface area contributed by atoms with Gasteiger partial charge in [0.15, 0.2) is 0 Å². The summed E-state index contributed by atoms with van der Waals surface area (Å²) >= 11 is 0. The first-order valence-electron chi connectivity index (χ1n) is 12.6. The normalized spacial score (nSPS) is 11.2. The summed E-state index contributed by atoms with van der Waals surface area (Å²) in [7, 11) is 0. The molecule has 0 amide bonds. The lowest BCUT2D eigenvalue weighted by molar-refractivity contribution is -0.137. The van der Waals surface area contributed by atoms with E-state index >= 15 is 0 Å². The van der Waals surface area contributed by atoms with Gasteiger partial charge in [-0.05, 0) is 79.7 Å². The van der Waals surface area contributed by atoms with Crippen molar-refractivity contribution >= 4 is 12.2 Å². The first kappa shape index (κ1) is 29.6. The number of anilines is 1. The SMILES string of the molecule is CC(C)O.Cc1ccccc1-c1nc(N(CCCc2cccc(C=O)c2)Cc2ccc(C(F)(F)F)cc2)no1. The van der Waals surface area contributed by atoms with Gasteiger partial charge in [0.25, 0.3) is 11.8 Å². The number of alkyl halides is 3. The minimum atomic E-state index is -4.38. The Labute approximate surface area is 226 Å². The molecule has 4 rings (SSSR count). The first-order valence-corrected chi connectivity index (χ1v) is 12.6. The lowest BCUT2D eigenvalue weighted by atomic mass is 10.1. The Hall–Kier alpha value is -3.98. The van der Waals surface area contributed by atoms with E-state index in [-0.39, 0.29) is 6.10 Å². The standard InChI is InChI=1S/C27H24F3N3O2.C3H8O/c1-19-6-2-3-10-24(19)25-31-26(32-35-25)33(15-5-9-20-7-4-8-22(16-20)18-34)17-21-11-13-23(14-12-21)27(28,29)30;1-3(2)4/h2-4,6-8,10-14,16,18H,5,9,15,17H2,1H3;3-4H,1-2H3. The number of aliphatic hydroxyl groups is 1. The Morgan fingerprint density at radius 3 is 2.33 bits per heavy atom. The van der Waals surface area contributed by atoms with Crippen LogP contribution in [0.2, 0.25) is 0 Å². The fourth-order valence-corrected chi connectivity index (χ4v) is 3.83. The summed E-state index contributed by atoms with van der Waals surface area (Å²) in [5, 5.41) is 12.2. The van der Waals surface area contributed by atoms with E-state index in [1.54, 1.807) is 19.9 Å². The van der Waals surface area contributed by atoms with Gasteiger partial charge in [0, 0.05) is 30.3 Å². The highest BCUT2D eigenvalue weighted by molar-refractivity contribution is 5.74. The Morgan fingerprint density at radius 2 is 1.69 bits per heavy atom. The molecule has 3 aromatic carbocycles. The summed E-state index contributed by atoms with van der Waals surface area (Å²) in [4.78, 5) is 17.5. The molecule has 1 N–H and O–H groups in total. The molecule has 0 fully saturated rings. The van der Waals surface area contributed by atoms with Gasteiger partial charge in [-0.15, -0.1) is 0 Å². The Bertz CT molecular complexity index is 1330. The van der Waals surface area contributed by atoms with Gasteiger partial charge < -0.3 is 14.5 Å². The van der Waals surface area contributed by atoms with Crippen molar-refractivity contribution in [1.29, 1.82) is 0 Å². The third-order valence-corrected chi connectivity index (χ3v) is 5.71. The number of carbonyl (C=O) groups excluding carboxylic acids is 1. The molecule has 1 aromatic heterocycles. The van der Waals surface area contributed by atoms with Gasteiger partial charge >= 0.3 is 6.18 Å². The van der Waals surface area contributed by atoms with E-state index < -0.39 is 11.7 Å². The van der Waals surface area contributed by atoms with Crippen LogP contribution in [0.5, 0.6) is 0 Å². The van der Waals surface area contributed by atoms with Crippen molar-refractivity contribution in [3.63, 3.8) is 0 Å². The number of rotatable bonds is 9. The van der Waals surface area contributed by atoms with E-state index in [1.165, 1.54) is 12.1 Å². The molecule has 0 unspecified atom stereocenters. The highest BCUT2D eigenvalue weighted by Gasteiger charge is 2.30. The van der Waals surface area contributed by atoms with E-state index in [1.807, 2.05) is 54.3 Å². The number of nitrogens with zero attached hydrogens (tertiary/aromatic N) is 3. The highest BCUT2D eigenvalue weighted by Crippen LogP contribution is 2.30. The lowest BCUT2D eigenvalue weighted by Crippen LogP contribution is -2.25. The van der Waals surface area contributed by atoms with Crippen LogP contribution in [0, 0.1) is 6.92 Å². The van der Waals surface area contributed by atoms with Crippen molar-refractivity contribution in [2.24, 2.45) is 0 Å². The van der Waals surface area contributed by atoms with Crippen molar-refractivity contribution in [3.8, 4) is 11.5 Å². The van der Waals surface area contributed by atoms with Crippen molar-refractivity contribution in [2.75, 3.05) is 11.4 Å². The van der Waals surface area contributed by atoms with Crippen molar-refractivity contribution in [3.05, 3.63) is 101 Å². The second kappa shape index (κ2) is 13.7. The number of aldehydes is 1. The monoisotopic (exact) mass is 539 g/mol. The average molecular weight is 540 g/mol. The van der Waals surface area contributed by atoms with Gasteiger partial charge in [-0.25, -0.2) is 0 Å². The molecular formula is C30H32F3N3O3. The second-order valence-corrected chi connectivity index (χ2v) is 9.39. The van der Waals surface area contributed by atoms with Crippen molar-refractivity contribution < 1.29 is 27.6 Å². The molecule has 1 heterocycles. The molecule has 0 radical (unpaired) electrons. The maximum atomic E-state index is 13.0. The van der Waals surface area contributed by atoms with E-state index in [0.29, 0.717) is 42.5 Å². The number of aryl methyl sites for hydroxylation is 2. The van der Waals surface area contributed by atoms with E-state index in [9.17, 15) is 18.0 Å². The van der Waals surface area contributed by atoms with Crippen LogP contribution < -0.4 is 4.90 Å². The van der Waals surface area contributed by atoms with Gasteiger partial charge in [0.1, 0.15) is 6.29 Å². The molecule has 0 aliphatic carbocycles. The molecule has 6 nitrogen and oxygen atoms in total. The minimum absolute atomic E-state index is 0.167. The van der Waals surface area contributed by atoms with Crippen LogP contribution in [-0.2, 0) is 19.1 Å². The van der Waals surface area contributed by atoms with Crippen molar-refractivity contribution in [2.45, 2.75) is 52.4 Å². The number of halogens is 3. The number of aliphatic hydroxyl groups excluding tert-OH is 1. The average Bonchev–Trinajstić information content (AvgIpc) is 3.38. The van der Waals surface area contributed by atoms with Crippen LogP contribution in [0.15, 0.2) is 77.3 Å². The Morgan fingerprint density at radius 1 is 1.00 bits per heavy atom. The van der Waals surface area contributed by atoms with E-state index in [4.69, 9.17) is 9.63 Å². The van der Waals surface area contributed by atoms with Gasteiger partial charge in [-0.2, -0.15) is 18.2 Å². The molecule has 0 spiro atoms. The molecule has 206 valence electrons. The topological polar surface area (TPSA) is 79.5 Å². The maximum Gasteiger partial charge on any atom is 0.416 e. The summed E-state index contributed by atoms with van der Waals surface area (Å²) in [5.74, 6) is 0.749. The summed E-state index contributed by atoms with van der Waals surface area (Å²) in [5.41, 5.74) is 3.47. The second-order valence-electron chi connectivity index (χ2n) is 9.39. The quantitative estimate of drug-likeness (QED) is 0.233. The van der Waals surface area contributed by atoms with E-state index in [0.717, 1.165) is 41.5 Å². The summed E-state index contributed by atoms with van der Waals surface area (Å²) < 4.78 is 44.4. The zero-order chi connectivity index (χ0) is 28.4. The third-order valence-electron chi connectivity index (χ3n) is 5.71. The highest BCUT2D eigenvalue weighted by atomic mass is 19.4. The predicted molar refractivity (Wildman–Crippen MR) is 144 cm³/mol. The van der Waals surface area contributed by atoms with Crippen LogP contribution >= 0.6 is 0 Å². The van der Waals surface area contributed by atoms with Crippen LogP contribution in [-0.4, -0.2) is 34.2 Å². The molecule has 4 aromatic rings. The number of benzene rings is 3. The fourth-order valence-electron chi connectivity index (χ4n) is 3.83. The maximum absolute atomic E-state index is 13.0.